The van der Waals surface area contributed by atoms with Crippen LogP contribution in [0.2, 0.25) is 0 Å². The van der Waals surface area contributed by atoms with Crippen molar-refractivity contribution in [2.75, 3.05) is 0 Å². The maximum absolute atomic E-state index is 14.0. The molecule has 0 fully saturated rings. The van der Waals surface area contributed by atoms with Crippen LogP contribution in [0.25, 0.3) is 0 Å². The maximum Gasteiger partial charge on any atom is 1.00 e. The van der Waals surface area contributed by atoms with Gasteiger partial charge < -0.3 is 1.43 Å². The topological polar surface area (TPSA) is 54.4 Å². The van der Waals surface area contributed by atoms with Gasteiger partial charge in [-0.3, -0.25) is 4.55 Å². The molecule has 0 atom stereocenters. The zero-order chi connectivity index (χ0) is 23.5. The quantitative estimate of drug-likeness (QED) is 0.371. The van der Waals surface area contributed by atoms with E-state index in [1.54, 1.807) is 0 Å². The molecule has 1 aromatic rings. The van der Waals surface area contributed by atoms with Gasteiger partial charge in [-0.2, -0.15) is 65.5 Å². The van der Waals surface area contributed by atoms with Gasteiger partial charge in [0.1, 0.15) is 4.90 Å². The van der Waals surface area contributed by atoms with E-state index in [1.165, 1.54) is 0 Å². The summed E-state index contributed by atoms with van der Waals surface area (Å²) in [7, 11) is -5.88. The molecule has 1 N–H and O–H groups in total. The summed E-state index contributed by atoms with van der Waals surface area (Å²) in [4.78, 5) is -2.22. The molecule has 0 saturated carbocycles. The zero-order valence-corrected chi connectivity index (χ0v) is 16.7. The molecule has 0 heterocycles. The molecule has 0 amide bonds. The number of halogens is 13. The van der Waals surface area contributed by atoms with Crippen LogP contribution in [0.5, 0.6) is 0 Å². The van der Waals surface area contributed by atoms with Crippen LogP contribution in [0.3, 0.4) is 0 Å². The summed E-state index contributed by atoms with van der Waals surface area (Å²) in [5.41, 5.74) is -2.77. The van der Waals surface area contributed by atoms with E-state index in [0.29, 0.717) is 6.07 Å². The van der Waals surface area contributed by atoms with Crippen LogP contribution in [0, 0.1) is 0 Å². The number of hydrogen-bond donors (Lipinski definition) is 1. The molecule has 170 valence electrons. The van der Waals surface area contributed by atoms with Crippen LogP contribution in [0.1, 0.15) is 6.99 Å². The van der Waals surface area contributed by atoms with Gasteiger partial charge in [0.2, 0.25) is 0 Å². The van der Waals surface area contributed by atoms with Gasteiger partial charge in [-0.1, -0.05) is 18.2 Å². The molecule has 0 aliphatic carbocycles. The monoisotopic (exact) mass is 500 g/mol. The van der Waals surface area contributed by atoms with Crippen molar-refractivity contribution in [2.24, 2.45) is 0 Å². The number of rotatable bonds is 6. The van der Waals surface area contributed by atoms with Gasteiger partial charge in [-0.25, -0.2) is 0 Å². The van der Waals surface area contributed by atoms with Gasteiger partial charge in [-0.05, 0) is 6.07 Å². The van der Waals surface area contributed by atoms with Crippen LogP contribution >= 0.6 is 0 Å². The third-order valence-electron chi connectivity index (χ3n) is 3.44. The summed E-state index contributed by atoms with van der Waals surface area (Å²) in [6.07, 6.45) is -7.56. The first-order valence-electron chi connectivity index (χ1n) is 6.50. The van der Waals surface area contributed by atoms with E-state index in [-0.39, 0.29) is 49.2 Å². The first kappa shape index (κ1) is 29.2. The van der Waals surface area contributed by atoms with Gasteiger partial charge in [0.15, 0.2) is 0 Å². The average Bonchev–Trinajstić information content (AvgIpc) is 2.52. The molecule has 0 aliphatic rings. The van der Waals surface area contributed by atoms with Crippen molar-refractivity contribution in [3.05, 3.63) is 29.8 Å². The molecule has 30 heavy (non-hydrogen) atoms. The van der Waals surface area contributed by atoms with E-state index in [2.05, 4.69) is 0 Å². The van der Waals surface area contributed by atoms with Gasteiger partial charge >= 0.3 is 65.3 Å². The van der Waals surface area contributed by atoms with E-state index < -0.39 is 56.4 Å². The second-order valence-corrected chi connectivity index (χ2v) is 6.73. The Morgan fingerprint density at radius 2 is 1.03 bits per heavy atom. The summed E-state index contributed by atoms with van der Waals surface area (Å²) in [6, 6.07) is 0.294. The number of hydrogen-bond acceptors (Lipinski definition) is 2. The SMILES string of the molecule is O=S(=O)(O)c1ccccc1C(F)(F)C(F)(F)C(F)(F)C(F)(F)C(F)(F)C(F)(F)F.[H-].[Na+]. The minimum absolute atomic E-state index is 0. The third kappa shape index (κ3) is 4.14. The van der Waals surface area contributed by atoms with E-state index in [4.69, 9.17) is 4.55 Å². The molecule has 1 aromatic carbocycles. The minimum Gasteiger partial charge on any atom is -1.00 e. The van der Waals surface area contributed by atoms with Gasteiger partial charge in [0.05, 0.1) is 0 Å². The first-order chi connectivity index (χ1) is 12.5. The summed E-state index contributed by atoms with van der Waals surface area (Å²) in [6.45, 7) is 0. The molecule has 0 saturated heterocycles. The standard InChI is InChI=1S/C12H5F13O3S.Na.H/c13-7(14,5-3-1-2-4-6(5)29(26,27)28)8(15,16)9(17,18)10(19,20)11(21,22)12(23,24)25;;/h1-4H,(H,26,27,28);;/q;+1;-1. The van der Waals surface area contributed by atoms with E-state index in [1.807, 2.05) is 0 Å². The number of alkyl halides is 13. The number of benzene rings is 1. The fourth-order valence-corrected chi connectivity index (χ4v) is 2.61. The Bertz CT molecular complexity index is 886. The fraction of sp³-hybridized carbons (Fsp3) is 0.500. The molecule has 0 aromatic heterocycles. The summed E-state index contributed by atoms with van der Waals surface area (Å²) < 4.78 is 200. The molecular weight excluding hydrogens is 494 g/mol. The largest absolute Gasteiger partial charge is 1.00 e. The summed E-state index contributed by atoms with van der Waals surface area (Å²) in [5.74, 6) is -38.6. The maximum atomic E-state index is 14.0. The second-order valence-electron chi connectivity index (χ2n) is 5.34. The summed E-state index contributed by atoms with van der Waals surface area (Å²) in [5, 5.41) is 0. The Kier molecular flexibility index (Phi) is 7.76. The Balaban J connectivity index is 0. The molecular formula is C12H6F13NaO3S. The van der Waals surface area contributed by atoms with Crippen LogP contribution in [-0.4, -0.2) is 42.8 Å². The smallest absolute Gasteiger partial charge is 1.00 e. The Morgan fingerprint density at radius 1 is 0.667 bits per heavy atom. The van der Waals surface area contributed by atoms with Crippen molar-refractivity contribution in [2.45, 2.75) is 40.7 Å². The zero-order valence-electron chi connectivity index (χ0n) is 14.9. The van der Waals surface area contributed by atoms with Crippen molar-refractivity contribution in [3.63, 3.8) is 0 Å². The van der Waals surface area contributed by atoms with Crippen molar-refractivity contribution in [1.82, 2.24) is 0 Å². The van der Waals surface area contributed by atoms with E-state index in [9.17, 15) is 65.5 Å². The van der Waals surface area contributed by atoms with Crippen molar-refractivity contribution >= 4 is 10.1 Å². The average molecular weight is 500 g/mol. The van der Waals surface area contributed by atoms with Gasteiger partial charge in [0.25, 0.3) is 10.1 Å². The first-order valence-corrected chi connectivity index (χ1v) is 7.94. The molecule has 0 spiro atoms. The Morgan fingerprint density at radius 3 is 1.40 bits per heavy atom. The van der Waals surface area contributed by atoms with Crippen LogP contribution in [0.4, 0.5) is 57.1 Å². The fourth-order valence-electron chi connectivity index (χ4n) is 1.89. The second kappa shape index (κ2) is 7.97. The van der Waals surface area contributed by atoms with Crippen molar-refractivity contribution in [1.29, 1.82) is 0 Å². The third-order valence-corrected chi connectivity index (χ3v) is 4.35. The molecule has 0 unspecified atom stereocenters. The Hall–Kier alpha value is -0.780. The van der Waals surface area contributed by atoms with E-state index >= 15 is 0 Å². The predicted molar refractivity (Wildman–Crippen MR) is 67.1 cm³/mol. The van der Waals surface area contributed by atoms with Crippen LogP contribution in [-0.2, 0) is 16.0 Å². The van der Waals surface area contributed by atoms with Crippen molar-refractivity contribution in [3.8, 4) is 0 Å². The van der Waals surface area contributed by atoms with Crippen LogP contribution < -0.4 is 29.6 Å². The Labute approximate surface area is 181 Å². The van der Waals surface area contributed by atoms with Gasteiger partial charge in [0, 0.05) is 5.56 Å². The molecule has 0 radical (unpaired) electrons. The predicted octanol–water partition coefficient (Wildman–Crippen LogP) is 2.25. The molecule has 3 nitrogen and oxygen atoms in total. The summed E-state index contributed by atoms with van der Waals surface area (Å²) >= 11 is 0. The van der Waals surface area contributed by atoms with E-state index in [0.717, 1.165) is 0 Å². The normalized spacial score (nSPS) is 15.0. The minimum atomic E-state index is -8.11. The molecule has 0 aliphatic heterocycles. The van der Waals surface area contributed by atoms with Gasteiger partial charge in [-0.15, -0.1) is 0 Å². The molecule has 1 rings (SSSR count). The van der Waals surface area contributed by atoms with Crippen molar-refractivity contribution < 1.29 is 101 Å². The van der Waals surface area contributed by atoms with Crippen LogP contribution in [0.15, 0.2) is 29.2 Å². The molecule has 0 bridgehead atoms. The molecule has 18 heteroatoms.